The summed E-state index contributed by atoms with van der Waals surface area (Å²) in [6.07, 6.45) is 0.855. The molecule has 0 saturated heterocycles. The number of rotatable bonds is 6. The third kappa shape index (κ3) is 4.70. The zero-order valence-electron chi connectivity index (χ0n) is 8.50. The number of hydrogen-bond donors (Lipinski definition) is 2. The minimum absolute atomic E-state index is 0.208. The molecule has 0 aromatic carbocycles. The van der Waals surface area contributed by atoms with Gasteiger partial charge in [0.1, 0.15) is 0 Å². The zero-order valence-corrected chi connectivity index (χ0v) is 8.50. The highest BCUT2D eigenvalue weighted by Gasteiger charge is 2.15. The number of aliphatic hydroxyl groups is 1. The monoisotopic (exact) mass is 175 g/mol. The van der Waals surface area contributed by atoms with Crippen molar-refractivity contribution in [1.82, 2.24) is 5.32 Å². The SMILES string of the molecule is CNC[C@@H](C[C@H](C)[C@H](C)O)OC. The van der Waals surface area contributed by atoms with Gasteiger partial charge in [-0.1, -0.05) is 6.92 Å². The lowest BCUT2D eigenvalue weighted by Gasteiger charge is -2.21. The number of likely N-dealkylation sites (N-methyl/N-ethyl adjacent to an activating group) is 1. The van der Waals surface area contributed by atoms with Crippen LogP contribution in [0.4, 0.5) is 0 Å². The van der Waals surface area contributed by atoms with Crippen molar-refractivity contribution >= 4 is 0 Å². The van der Waals surface area contributed by atoms with E-state index in [9.17, 15) is 5.11 Å². The quantitative estimate of drug-likeness (QED) is 0.622. The molecule has 0 aromatic heterocycles. The molecule has 0 heterocycles. The van der Waals surface area contributed by atoms with Gasteiger partial charge in [0.05, 0.1) is 12.2 Å². The minimum atomic E-state index is -0.250. The van der Waals surface area contributed by atoms with Crippen molar-refractivity contribution in [2.24, 2.45) is 5.92 Å². The summed E-state index contributed by atoms with van der Waals surface area (Å²) in [7, 11) is 3.61. The van der Waals surface area contributed by atoms with E-state index in [1.807, 2.05) is 20.9 Å². The van der Waals surface area contributed by atoms with Crippen LogP contribution in [0.3, 0.4) is 0 Å². The van der Waals surface area contributed by atoms with Gasteiger partial charge in [-0.25, -0.2) is 0 Å². The summed E-state index contributed by atoms with van der Waals surface area (Å²) in [6.45, 7) is 4.69. The van der Waals surface area contributed by atoms with Gasteiger partial charge in [-0.2, -0.15) is 0 Å². The third-order valence-corrected chi connectivity index (χ3v) is 2.22. The molecule has 0 rings (SSSR count). The van der Waals surface area contributed by atoms with Crippen LogP contribution in [0.25, 0.3) is 0 Å². The van der Waals surface area contributed by atoms with E-state index in [-0.39, 0.29) is 12.2 Å². The summed E-state index contributed by atoms with van der Waals surface area (Å²) in [4.78, 5) is 0. The summed E-state index contributed by atoms with van der Waals surface area (Å²) in [5.41, 5.74) is 0. The van der Waals surface area contributed by atoms with Crippen LogP contribution < -0.4 is 5.32 Å². The second-order valence-corrected chi connectivity index (χ2v) is 3.37. The Labute approximate surface area is 75.1 Å². The molecule has 0 saturated carbocycles. The van der Waals surface area contributed by atoms with Crippen LogP contribution in [0.5, 0.6) is 0 Å². The maximum atomic E-state index is 9.26. The van der Waals surface area contributed by atoms with Crippen molar-refractivity contribution in [2.75, 3.05) is 20.7 Å². The standard InChI is InChI=1S/C9H21NO2/c1-7(8(2)11)5-9(12-4)6-10-3/h7-11H,5-6H2,1-4H3/t7-,8-,9+/m0/s1. The number of methoxy groups -OCH3 is 1. The van der Waals surface area contributed by atoms with Crippen LogP contribution in [0.2, 0.25) is 0 Å². The molecule has 0 amide bonds. The topological polar surface area (TPSA) is 41.5 Å². The van der Waals surface area contributed by atoms with Crippen LogP contribution in [-0.2, 0) is 4.74 Å². The van der Waals surface area contributed by atoms with Gasteiger partial charge in [-0.3, -0.25) is 0 Å². The van der Waals surface area contributed by atoms with Crippen LogP contribution in [0.1, 0.15) is 20.3 Å². The molecule has 3 nitrogen and oxygen atoms in total. The molecule has 0 aliphatic rings. The summed E-state index contributed by atoms with van der Waals surface area (Å²) >= 11 is 0. The molecule has 74 valence electrons. The highest BCUT2D eigenvalue weighted by Crippen LogP contribution is 2.11. The lowest BCUT2D eigenvalue weighted by atomic mass is 9.98. The lowest BCUT2D eigenvalue weighted by molar-refractivity contribution is 0.0504. The Bertz CT molecular complexity index is 107. The molecule has 2 N–H and O–H groups in total. The van der Waals surface area contributed by atoms with E-state index in [4.69, 9.17) is 4.74 Å². The number of nitrogens with one attached hydrogen (secondary N) is 1. The van der Waals surface area contributed by atoms with Crippen molar-refractivity contribution in [3.05, 3.63) is 0 Å². The maximum Gasteiger partial charge on any atom is 0.0699 e. The maximum absolute atomic E-state index is 9.26. The van der Waals surface area contributed by atoms with Gasteiger partial charge in [-0.15, -0.1) is 0 Å². The van der Waals surface area contributed by atoms with E-state index >= 15 is 0 Å². The second-order valence-electron chi connectivity index (χ2n) is 3.37. The highest BCUT2D eigenvalue weighted by molar-refractivity contribution is 4.67. The number of hydrogen-bond acceptors (Lipinski definition) is 3. The van der Waals surface area contributed by atoms with Gasteiger partial charge < -0.3 is 15.2 Å². The van der Waals surface area contributed by atoms with Crippen LogP contribution in [0, 0.1) is 5.92 Å². The van der Waals surface area contributed by atoms with Crippen molar-refractivity contribution < 1.29 is 9.84 Å². The van der Waals surface area contributed by atoms with Crippen LogP contribution in [-0.4, -0.2) is 38.0 Å². The number of aliphatic hydroxyl groups excluding tert-OH is 1. The average molecular weight is 175 g/mol. The molecule has 3 heteroatoms. The van der Waals surface area contributed by atoms with Gasteiger partial charge in [-0.05, 0) is 26.3 Å². The zero-order chi connectivity index (χ0) is 9.56. The fourth-order valence-corrected chi connectivity index (χ4v) is 1.10. The summed E-state index contributed by atoms with van der Waals surface area (Å²) in [5.74, 6) is 0.295. The first-order valence-electron chi connectivity index (χ1n) is 4.47. The molecular formula is C9H21NO2. The van der Waals surface area contributed by atoms with E-state index < -0.39 is 0 Å². The predicted molar refractivity (Wildman–Crippen MR) is 50.2 cm³/mol. The van der Waals surface area contributed by atoms with Crippen LogP contribution >= 0.6 is 0 Å². The molecule has 0 radical (unpaired) electrons. The summed E-state index contributed by atoms with van der Waals surface area (Å²) in [6, 6.07) is 0. The van der Waals surface area contributed by atoms with E-state index in [1.54, 1.807) is 7.11 Å². The van der Waals surface area contributed by atoms with E-state index in [1.165, 1.54) is 0 Å². The molecule has 0 bridgehead atoms. The number of ether oxygens (including phenoxy) is 1. The van der Waals surface area contributed by atoms with Gasteiger partial charge in [0.2, 0.25) is 0 Å². The van der Waals surface area contributed by atoms with Crippen molar-refractivity contribution in [3.63, 3.8) is 0 Å². The average Bonchev–Trinajstić information content (AvgIpc) is 2.03. The van der Waals surface area contributed by atoms with Gasteiger partial charge >= 0.3 is 0 Å². The van der Waals surface area contributed by atoms with E-state index in [0.717, 1.165) is 13.0 Å². The molecule has 0 spiro atoms. The second kappa shape index (κ2) is 6.40. The molecule has 0 aliphatic carbocycles. The first-order valence-corrected chi connectivity index (χ1v) is 4.47. The normalized spacial score (nSPS) is 18.8. The lowest BCUT2D eigenvalue weighted by Crippen LogP contribution is -2.29. The Morgan fingerprint density at radius 1 is 1.42 bits per heavy atom. The summed E-state index contributed by atoms with van der Waals surface area (Å²) in [5, 5.41) is 12.3. The Morgan fingerprint density at radius 2 is 2.00 bits per heavy atom. The molecule has 12 heavy (non-hydrogen) atoms. The smallest absolute Gasteiger partial charge is 0.0699 e. The Hall–Kier alpha value is -0.120. The highest BCUT2D eigenvalue weighted by atomic mass is 16.5. The van der Waals surface area contributed by atoms with Gasteiger partial charge in [0.15, 0.2) is 0 Å². The third-order valence-electron chi connectivity index (χ3n) is 2.22. The molecule has 0 aliphatic heterocycles. The predicted octanol–water partition coefficient (Wildman–Crippen LogP) is 0.628. The Morgan fingerprint density at radius 3 is 2.33 bits per heavy atom. The van der Waals surface area contributed by atoms with Crippen LogP contribution in [0.15, 0.2) is 0 Å². The first kappa shape index (κ1) is 11.9. The Kier molecular flexibility index (Phi) is 6.34. The molecule has 3 atom stereocenters. The van der Waals surface area contributed by atoms with E-state index in [2.05, 4.69) is 5.32 Å². The van der Waals surface area contributed by atoms with Gasteiger partial charge in [0, 0.05) is 13.7 Å². The van der Waals surface area contributed by atoms with Crippen molar-refractivity contribution in [2.45, 2.75) is 32.5 Å². The fourth-order valence-electron chi connectivity index (χ4n) is 1.10. The minimum Gasteiger partial charge on any atom is -0.393 e. The first-order chi connectivity index (χ1) is 5.61. The Balaban J connectivity index is 3.68. The molecule has 0 aromatic rings. The van der Waals surface area contributed by atoms with Crippen molar-refractivity contribution in [1.29, 1.82) is 0 Å². The molecular weight excluding hydrogens is 154 g/mol. The molecule has 0 unspecified atom stereocenters. The fraction of sp³-hybridized carbons (Fsp3) is 1.00. The largest absolute Gasteiger partial charge is 0.393 e. The summed E-state index contributed by atoms with van der Waals surface area (Å²) < 4.78 is 5.24. The van der Waals surface area contributed by atoms with Gasteiger partial charge in [0.25, 0.3) is 0 Å². The van der Waals surface area contributed by atoms with Crippen molar-refractivity contribution in [3.8, 4) is 0 Å². The van der Waals surface area contributed by atoms with E-state index in [0.29, 0.717) is 5.92 Å². The molecule has 0 fully saturated rings.